The van der Waals surface area contributed by atoms with Crippen LogP contribution in [0.4, 0.5) is 4.39 Å². The van der Waals surface area contributed by atoms with Crippen molar-refractivity contribution in [1.82, 2.24) is 0 Å². The van der Waals surface area contributed by atoms with E-state index in [1.54, 1.807) is 25.3 Å². The molecule has 0 saturated heterocycles. The Bertz CT molecular complexity index is 644. The molecule has 0 fully saturated rings. The van der Waals surface area contributed by atoms with Gasteiger partial charge in [0.2, 0.25) is 0 Å². The molecule has 5 heteroatoms. The summed E-state index contributed by atoms with van der Waals surface area (Å²) in [6.07, 6.45) is 0. The zero-order valence-corrected chi connectivity index (χ0v) is 13.3. The van der Waals surface area contributed by atoms with Gasteiger partial charge in [-0.15, -0.1) is 11.6 Å². The summed E-state index contributed by atoms with van der Waals surface area (Å²) in [6.45, 7) is 2.11. The van der Waals surface area contributed by atoms with Crippen molar-refractivity contribution in [2.24, 2.45) is 0 Å². The summed E-state index contributed by atoms with van der Waals surface area (Å²) in [6, 6.07) is 8.09. The number of aryl methyl sites for hydroxylation is 1. The molecule has 0 bridgehead atoms. The van der Waals surface area contributed by atoms with E-state index < -0.39 is 0 Å². The summed E-state index contributed by atoms with van der Waals surface area (Å²) in [5, 5.41) is 0.435. The van der Waals surface area contributed by atoms with E-state index in [1.165, 1.54) is 12.1 Å². The highest BCUT2D eigenvalue weighted by atomic mass is 35.5. The van der Waals surface area contributed by atoms with Crippen LogP contribution in [0.1, 0.15) is 16.7 Å². The molecule has 0 N–H and O–H groups in total. The lowest BCUT2D eigenvalue weighted by molar-refractivity contribution is 0.284. The second kappa shape index (κ2) is 7.01. The van der Waals surface area contributed by atoms with Gasteiger partial charge in [-0.05, 0) is 47.9 Å². The predicted octanol–water partition coefficient (Wildman–Crippen LogP) is 5.11. The molecule has 0 aliphatic heterocycles. The fraction of sp³-hybridized carbons (Fsp3) is 0.250. The van der Waals surface area contributed by atoms with Crippen molar-refractivity contribution in [3.05, 3.63) is 57.9 Å². The molecule has 2 aromatic carbocycles. The first kappa shape index (κ1) is 15.9. The van der Waals surface area contributed by atoms with Gasteiger partial charge >= 0.3 is 0 Å². The molecule has 0 radical (unpaired) electrons. The average molecular weight is 329 g/mol. The van der Waals surface area contributed by atoms with Crippen LogP contribution in [-0.2, 0) is 12.5 Å². The lowest BCUT2D eigenvalue weighted by atomic mass is 10.1. The van der Waals surface area contributed by atoms with Gasteiger partial charge < -0.3 is 9.47 Å². The van der Waals surface area contributed by atoms with Gasteiger partial charge in [0, 0.05) is 5.88 Å². The fourth-order valence-electron chi connectivity index (χ4n) is 1.96. The first-order valence-corrected chi connectivity index (χ1v) is 7.26. The average Bonchev–Trinajstić information content (AvgIpc) is 2.46. The third-order valence-corrected chi connectivity index (χ3v) is 3.71. The molecule has 0 spiro atoms. The Labute approximate surface area is 133 Å². The molecule has 0 atom stereocenters. The van der Waals surface area contributed by atoms with Crippen LogP contribution in [0.5, 0.6) is 11.5 Å². The van der Waals surface area contributed by atoms with Gasteiger partial charge in [0.25, 0.3) is 0 Å². The smallest absolute Gasteiger partial charge is 0.180 e. The number of rotatable bonds is 5. The summed E-state index contributed by atoms with van der Waals surface area (Å²) in [5.41, 5.74) is 2.56. The maximum atomic E-state index is 13.1. The van der Waals surface area contributed by atoms with Gasteiger partial charge in [-0.3, -0.25) is 0 Å². The van der Waals surface area contributed by atoms with E-state index in [2.05, 4.69) is 0 Å². The molecule has 2 aromatic rings. The molecule has 0 aromatic heterocycles. The lowest BCUT2D eigenvalue weighted by Gasteiger charge is -2.14. The topological polar surface area (TPSA) is 18.5 Å². The van der Waals surface area contributed by atoms with E-state index in [1.807, 2.05) is 6.92 Å². The zero-order valence-electron chi connectivity index (χ0n) is 11.8. The minimum absolute atomic E-state index is 0.265. The summed E-state index contributed by atoms with van der Waals surface area (Å²) in [4.78, 5) is 0. The quantitative estimate of drug-likeness (QED) is 0.709. The number of hydrogen-bond donors (Lipinski definition) is 0. The summed E-state index contributed by atoms with van der Waals surface area (Å²) >= 11 is 12.0. The number of halogens is 3. The van der Waals surface area contributed by atoms with Crippen LogP contribution in [0, 0.1) is 12.7 Å². The molecule has 0 amide bonds. The highest BCUT2D eigenvalue weighted by Gasteiger charge is 2.12. The Morgan fingerprint density at radius 2 is 1.95 bits per heavy atom. The maximum Gasteiger partial charge on any atom is 0.180 e. The monoisotopic (exact) mass is 328 g/mol. The molecule has 0 aliphatic rings. The van der Waals surface area contributed by atoms with Crippen molar-refractivity contribution in [3.63, 3.8) is 0 Å². The van der Waals surface area contributed by atoms with Crippen molar-refractivity contribution in [2.75, 3.05) is 7.11 Å². The Balaban J connectivity index is 2.23. The number of alkyl halides is 1. The van der Waals surface area contributed by atoms with Crippen LogP contribution in [0.15, 0.2) is 30.3 Å². The summed E-state index contributed by atoms with van der Waals surface area (Å²) < 4.78 is 24.1. The molecule has 0 saturated carbocycles. The molecule has 21 heavy (non-hydrogen) atoms. The Kier molecular flexibility index (Phi) is 5.32. The molecular formula is C16H15Cl2FO2. The molecule has 2 nitrogen and oxygen atoms in total. The van der Waals surface area contributed by atoms with Crippen LogP contribution in [-0.4, -0.2) is 7.11 Å². The van der Waals surface area contributed by atoms with Crippen molar-refractivity contribution in [1.29, 1.82) is 0 Å². The molecule has 0 heterocycles. The van der Waals surface area contributed by atoms with Crippen molar-refractivity contribution >= 4 is 23.2 Å². The second-order valence-electron chi connectivity index (χ2n) is 4.60. The van der Waals surface area contributed by atoms with E-state index in [-0.39, 0.29) is 12.4 Å². The number of hydrogen-bond acceptors (Lipinski definition) is 2. The zero-order chi connectivity index (χ0) is 15.4. The van der Waals surface area contributed by atoms with Gasteiger partial charge in [-0.1, -0.05) is 17.7 Å². The number of benzene rings is 2. The predicted molar refractivity (Wildman–Crippen MR) is 83.0 cm³/mol. The normalized spacial score (nSPS) is 10.5. The minimum Gasteiger partial charge on any atom is -0.493 e. The summed E-state index contributed by atoms with van der Waals surface area (Å²) in [5.74, 6) is 1.06. The third kappa shape index (κ3) is 3.80. The van der Waals surface area contributed by atoms with Crippen LogP contribution in [0.25, 0.3) is 0 Å². The van der Waals surface area contributed by atoms with E-state index in [0.717, 1.165) is 16.7 Å². The largest absolute Gasteiger partial charge is 0.493 e. The first-order valence-electron chi connectivity index (χ1n) is 6.35. The Morgan fingerprint density at radius 3 is 2.57 bits per heavy atom. The highest BCUT2D eigenvalue weighted by Crippen LogP contribution is 2.37. The Hall–Kier alpha value is -1.45. The van der Waals surface area contributed by atoms with Crippen LogP contribution >= 0.6 is 23.2 Å². The van der Waals surface area contributed by atoms with E-state index in [9.17, 15) is 4.39 Å². The maximum absolute atomic E-state index is 13.1. The molecule has 0 unspecified atom stereocenters. The Morgan fingerprint density at radius 1 is 1.19 bits per heavy atom. The van der Waals surface area contributed by atoms with E-state index in [0.29, 0.717) is 22.4 Å². The van der Waals surface area contributed by atoms with E-state index >= 15 is 0 Å². The van der Waals surface area contributed by atoms with Gasteiger partial charge in [-0.25, -0.2) is 4.39 Å². The van der Waals surface area contributed by atoms with Gasteiger partial charge in [0.05, 0.1) is 12.1 Å². The number of methoxy groups -OCH3 is 1. The highest BCUT2D eigenvalue weighted by molar-refractivity contribution is 6.32. The summed E-state index contributed by atoms with van der Waals surface area (Å²) in [7, 11) is 1.54. The lowest BCUT2D eigenvalue weighted by Crippen LogP contribution is -2.01. The molecule has 2 rings (SSSR count). The molecule has 112 valence electrons. The standard InChI is InChI=1S/C16H15Cl2FO2/c1-10-5-13(19)4-3-12(10)9-21-16-14(18)6-11(8-17)7-15(16)20-2/h3-7H,8-9H2,1-2H3. The van der Waals surface area contributed by atoms with Gasteiger partial charge in [-0.2, -0.15) is 0 Å². The number of ether oxygens (including phenoxy) is 2. The van der Waals surface area contributed by atoms with Crippen LogP contribution < -0.4 is 9.47 Å². The van der Waals surface area contributed by atoms with Crippen LogP contribution in [0.3, 0.4) is 0 Å². The van der Waals surface area contributed by atoms with E-state index in [4.69, 9.17) is 32.7 Å². The minimum atomic E-state index is -0.265. The van der Waals surface area contributed by atoms with Crippen LogP contribution in [0.2, 0.25) is 5.02 Å². The first-order chi connectivity index (χ1) is 10.0. The van der Waals surface area contributed by atoms with Crippen molar-refractivity contribution in [3.8, 4) is 11.5 Å². The van der Waals surface area contributed by atoms with Gasteiger partial charge in [0.1, 0.15) is 12.4 Å². The third-order valence-electron chi connectivity index (χ3n) is 3.12. The second-order valence-corrected chi connectivity index (χ2v) is 5.28. The molecule has 0 aliphatic carbocycles. The van der Waals surface area contributed by atoms with Gasteiger partial charge in [0.15, 0.2) is 11.5 Å². The van der Waals surface area contributed by atoms with Crippen molar-refractivity contribution in [2.45, 2.75) is 19.4 Å². The fourth-order valence-corrected chi connectivity index (χ4v) is 2.40. The molecular weight excluding hydrogens is 314 g/mol. The van der Waals surface area contributed by atoms with Crippen molar-refractivity contribution < 1.29 is 13.9 Å². The SMILES string of the molecule is COc1cc(CCl)cc(Cl)c1OCc1ccc(F)cc1C.